The van der Waals surface area contributed by atoms with Gasteiger partial charge in [-0.2, -0.15) is 5.10 Å². The molecule has 0 radical (unpaired) electrons. The van der Waals surface area contributed by atoms with Crippen LogP contribution in [0.2, 0.25) is 0 Å². The third kappa shape index (κ3) is 1.51. The Kier molecular flexibility index (Phi) is 2.56. The second kappa shape index (κ2) is 4.10. The Bertz CT molecular complexity index is 695. The van der Waals surface area contributed by atoms with Crippen LogP contribution in [0.3, 0.4) is 0 Å². The number of fused-ring (bicyclic) bond motifs is 1. The largest absolute Gasteiger partial charge is 0.495 e. The van der Waals surface area contributed by atoms with E-state index < -0.39 is 0 Å². The van der Waals surface area contributed by atoms with Gasteiger partial charge >= 0.3 is 0 Å². The molecule has 3 rings (SSSR count). The Balaban J connectivity index is 2.34. The molecular weight excluding hydrogens is 246 g/mol. The van der Waals surface area contributed by atoms with Gasteiger partial charge in [-0.25, -0.2) is 4.98 Å². The molecule has 0 fully saturated rings. The van der Waals surface area contributed by atoms with Crippen molar-refractivity contribution in [1.82, 2.24) is 15.2 Å². The summed E-state index contributed by atoms with van der Waals surface area (Å²) in [4.78, 5) is 4.46. The maximum atomic E-state index is 5.37. The molecule has 0 aliphatic rings. The highest BCUT2D eigenvalue weighted by atomic mass is 32.1. The van der Waals surface area contributed by atoms with Gasteiger partial charge in [0.25, 0.3) is 0 Å². The molecule has 2 aromatic heterocycles. The summed E-state index contributed by atoms with van der Waals surface area (Å²) in [5.74, 6) is 0.870. The van der Waals surface area contributed by atoms with Gasteiger partial charge in [0.15, 0.2) is 0 Å². The van der Waals surface area contributed by atoms with Crippen LogP contribution in [0.15, 0.2) is 17.6 Å². The molecule has 0 aliphatic carbocycles. The molecule has 0 saturated heterocycles. The van der Waals surface area contributed by atoms with Gasteiger partial charge in [0.1, 0.15) is 5.75 Å². The molecule has 1 N–H and O–H groups in total. The van der Waals surface area contributed by atoms with Gasteiger partial charge in [0, 0.05) is 16.8 Å². The van der Waals surface area contributed by atoms with Crippen LogP contribution in [0.1, 0.15) is 11.4 Å². The molecule has 0 aliphatic heterocycles. The first-order valence-corrected chi connectivity index (χ1v) is 6.52. The lowest BCUT2D eigenvalue weighted by Gasteiger charge is -2.06. The van der Waals surface area contributed by atoms with E-state index in [0.717, 1.165) is 38.5 Å². The van der Waals surface area contributed by atoms with Gasteiger partial charge in [-0.3, -0.25) is 5.10 Å². The average Bonchev–Trinajstić information content (AvgIpc) is 2.96. The first-order chi connectivity index (χ1) is 8.72. The van der Waals surface area contributed by atoms with E-state index in [1.54, 1.807) is 18.4 Å². The number of rotatable bonds is 2. The van der Waals surface area contributed by atoms with Crippen molar-refractivity contribution in [3.05, 3.63) is 29.0 Å². The van der Waals surface area contributed by atoms with Gasteiger partial charge in [-0.05, 0) is 26.0 Å². The molecule has 2 heterocycles. The van der Waals surface area contributed by atoms with Gasteiger partial charge < -0.3 is 4.74 Å². The molecule has 0 atom stereocenters. The molecule has 92 valence electrons. The molecule has 18 heavy (non-hydrogen) atoms. The Morgan fingerprint density at radius 2 is 2.11 bits per heavy atom. The van der Waals surface area contributed by atoms with Crippen molar-refractivity contribution in [1.29, 1.82) is 0 Å². The fourth-order valence-electron chi connectivity index (χ4n) is 2.24. The summed E-state index contributed by atoms with van der Waals surface area (Å²) in [5, 5.41) is 7.26. The van der Waals surface area contributed by atoms with Crippen LogP contribution in [-0.2, 0) is 0 Å². The Morgan fingerprint density at radius 3 is 2.78 bits per heavy atom. The fourth-order valence-corrected chi connectivity index (χ4v) is 3.04. The van der Waals surface area contributed by atoms with Crippen LogP contribution in [0.4, 0.5) is 0 Å². The van der Waals surface area contributed by atoms with Crippen molar-refractivity contribution in [3.63, 3.8) is 0 Å². The summed E-state index contributed by atoms with van der Waals surface area (Å²) in [5.41, 5.74) is 7.12. The Morgan fingerprint density at radius 1 is 1.28 bits per heavy atom. The molecule has 0 unspecified atom stereocenters. The van der Waals surface area contributed by atoms with E-state index in [9.17, 15) is 0 Å². The lowest BCUT2D eigenvalue weighted by molar-refractivity contribution is 0.420. The minimum Gasteiger partial charge on any atom is -0.495 e. The van der Waals surface area contributed by atoms with E-state index >= 15 is 0 Å². The smallest absolute Gasteiger partial charge is 0.138 e. The highest BCUT2D eigenvalue weighted by Gasteiger charge is 2.15. The predicted octanol–water partition coefficient (Wildman–Crippen LogP) is 3.31. The number of ether oxygens (including phenoxy) is 1. The number of hydrogen-bond acceptors (Lipinski definition) is 4. The van der Waals surface area contributed by atoms with E-state index in [-0.39, 0.29) is 0 Å². The topological polar surface area (TPSA) is 50.8 Å². The molecule has 0 amide bonds. The van der Waals surface area contributed by atoms with E-state index in [1.165, 1.54) is 0 Å². The van der Waals surface area contributed by atoms with E-state index in [4.69, 9.17) is 4.74 Å². The van der Waals surface area contributed by atoms with Crippen LogP contribution in [0, 0.1) is 13.8 Å². The first-order valence-electron chi connectivity index (χ1n) is 5.64. The van der Waals surface area contributed by atoms with Gasteiger partial charge in [-0.1, -0.05) is 0 Å². The highest BCUT2D eigenvalue weighted by Crippen LogP contribution is 2.37. The summed E-state index contributed by atoms with van der Waals surface area (Å²) < 4.78 is 6.44. The molecule has 3 aromatic rings. The van der Waals surface area contributed by atoms with E-state index in [1.807, 2.05) is 31.5 Å². The number of thiazole rings is 1. The lowest BCUT2D eigenvalue weighted by Crippen LogP contribution is -1.87. The Hall–Kier alpha value is -1.88. The van der Waals surface area contributed by atoms with Crippen LogP contribution >= 0.6 is 11.3 Å². The molecular formula is C13H13N3OS. The SMILES string of the molecule is COc1ccc(-c2c(C)n[nH]c2C)c2ncsc12. The van der Waals surface area contributed by atoms with Crippen LogP contribution in [-0.4, -0.2) is 22.3 Å². The number of nitrogens with one attached hydrogen (secondary N) is 1. The van der Waals surface area contributed by atoms with Gasteiger partial charge in [0.2, 0.25) is 0 Å². The zero-order chi connectivity index (χ0) is 12.7. The third-order valence-electron chi connectivity index (χ3n) is 3.07. The van der Waals surface area contributed by atoms with Crippen LogP contribution < -0.4 is 4.74 Å². The van der Waals surface area contributed by atoms with Crippen molar-refractivity contribution in [3.8, 4) is 16.9 Å². The standard InChI is InChI=1S/C13H13N3OS/c1-7-11(8(2)16-15-7)9-4-5-10(17-3)13-12(9)14-6-18-13/h4-6H,1-3H3,(H,15,16). The Labute approximate surface area is 109 Å². The van der Waals surface area contributed by atoms with Crippen LogP contribution in [0.5, 0.6) is 5.75 Å². The van der Waals surface area contributed by atoms with Gasteiger partial charge in [0.05, 0.1) is 28.5 Å². The number of aryl methyl sites for hydroxylation is 2. The van der Waals surface area contributed by atoms with Crippen molar-refractivity contribution in [2.24, 2.45) is 0 Å². The number of H-pyrrole nitrogens is 1. The highest BCUT2D eigenvalue weighted by molar-refractivity contribution is 7.17. The first kappa shape index (κ1) is 11.2. The average molecular weight is 259 g/mol. The minimum absolute atomic E-state index is 0.870. The molecule has 5 heteroatoms. The monoisotopic (exact) mass is 259 g/mol. The molecule has 0 bridgehead atoms. The second-order valence-corrected chi connectivity index (χ2v) is 5.01. The summed E-state index contributed by atoms with van der Waals surface area (Å²) in [6.45, 7) is 4.03. The summed E-state index contributed by atoms with van der Waals surface area (Å²) in [6.07, 6.45) is 0. The van der Waals surface area contributed by atoms with Crippen molar-refractivity contribution in [2.75, 3.05) is 7.11 Å². The summed E-state index contributed by atoms with van der Waals surface area (Å²) in [6, 6.07) is 4.04. The van der Waals surface area contributed by atoms with Crippen molar-refractivity contribution < 1.29 is 4.74 Å². The fraction of sp³-hybridized carbons (Fsp3) is 0.231. The summed E-state index contributed by atoms with van der Waals surface area (Å²) >= 11 is 1.59. The summed E-state index contributed by atoms with van der Waals surface area (Å²) in [7, 11) is 1.68. The van der Waals surface area contributed by atoms with E-state index in [0.29, 0.717) is 0 Å². The number of aromatic amines is 1. The second-order valence-electron chi connectivity index (χ2n) is 4.15. The van der Waals surface area contributed by atoms with Gasteiger partial charge in [-0.15, -0.1) is 11.3 Å². The minimum atomic E-state index is 0.870. The van der Waals surface area contributed by atoms with Crippen molar-refractivity contribution in [2.45, 2.75) is 13.8 Å². The zero-order valence-electron chi connectivity index (χ0n) is 10.4. The van der Waals surface area contributed by atoms with E-state index in [2.05, 4.69) is 15.2 Å². The third-order valence-corrected chi connectivity index (χ3v) is 3.91. The maximum Gasteiger partial charge on any atom is 0.138 e. The molecule has 4 nitrogen and oxygen atoms in total. The predicted molar refractivity (Wildman–Crippen MR) is 73.2 cm³/mol. The zero-order valence-corrected chi connectivity index (χ0v) is 11.3. The van der Waals surface area contributed by atoms with Crippen molar-refractivity contribution >= 4 is 21.6 Å². The number of nitrogens with zero attached hydrogens (tertiary/aromatic N) is 2. The maximum absolute atomic E-state index is 5.37. The van der Waals surface area contributed by atoms with Crippen LogP contribution in [0.25, 0.3) is 21.3 Å². The molecule has 0 saturated carbocycles. The quantitative estimate of drug-likeness (QED) is 0.768. The molecule has 0 spiro atoms. The number of methoxy groups -OCH3 is 1. The number of aromatic nitrogens is 3. The number of benzene rings is 1. The normalized spacial score (nSPS) is 11.1. The number of hydrogen-bond donors (Lipinski definition) is 1. The lowest BCUT2D eigenvalue weighted by atomic mass is 10.0. The molecule has 1 aromatic carbocycles.